The van der Waals surface area contributed by atoms with Gasteiger partial charge in [-0.05, 0) is 53.8 Å². The third kappa shape index (κ3) is 6.87. The van der Waals surface area contributed by atoms with Gasteiger partial charge < -0.3 is 10.1 Å². The van der Waals surface area contributed by atoms with E-state index in [1.165, 1.54) is 35.1 Å². The summed E-state index contributed by atoms with van der Waals surface area (Å²) < 4.78 is 9.42. The summed E-state index contributed by atoms with van der Waals surface area (Å²) in [4.78, 5) is 31.2. The lowest BCUT2D eigenvalue weighted by molar-refractivity contribution is -0.115. The topological polar surface area (TPSA) is 93.2 Å². The van der Waals surface area contributed by atoms with Crippen LogP contribution in [0.2, 0.25) is 0 Å². The summed E-state index contributed by atoms with van der Waals surface area (Å²) >= 11 is 4.10. The van der Waals surface area contributed by atoms with Gasteiger partial charge in [0, 0.05) is 27.7 Å². The first-order valence-corrected chi connectivity index (χ1v) is 13.7. The summed E-state index contributed by atoms with van der Waals surface area (Å²) in [6.45, 7) is 2.03. The van der Waals surface area contributed by atoms with Crippen molar-refractivity contribution in [1.82, 2.24) is 9.36 Å². The molecule has 2 N–H and O–H groups in total. The zero-order chi connectivity index (χ0) is 25.3. The number of carbonyl (C=O) groups excluding carboxylic acids is 2. The fourth-order valence-electron chi connectivity index (χ4n) is 3.25. The quantitative estimate of drug-likeness (QED) is 0.227. The van der Waals surface area contributed by atoms with E-state index in [1.807, 2.05) is 61.5 Å². The minimum atomic E-state index is -0.523. The highest BCUT2D eigenvalue weighted by Crippen LogP contribution is 2.37. The molecule has 2 amide bonds. The number of ether oxygens (including phenoxy) is 1. The van der Waals surface area contributed by atoms with Gasteiger partial charge in [0.05, 0.1) is 7.11 Å². The van der Waals surface area contributed by atoms with E-state index in [0.29, 0.717) is 27.3 Å². The standard InChI is InChI=1S/C26H24N4O3S3/c1-3-34-26-29-25(36-30-26)28-24(32)22(17-8-5-4-6-9-17)35-21-11-7-10-19(16-21)27-23(31)18-12-14-20(33-2)15-13-18/h4-16,22H,3H2,1-2H3,(H,27,31)(H,28,29,30,32). The highest BCUT2D eigenvalue weighted by atomic mass is 32.2. The molecule has 0 saturated heterocycles. The second-order valence-electron chi connectivity index (χ2n) is 7.42. The smallest absolute Gasteiger partial charge is 0.255 e. The first-order valence-electron chi connectivity index (χ1n) is 11.1. The number of anilines is 2. The van der Waals surface area contributed by atoms with Crippen molar-refractivity contribution in [2.75, 3.05) is 23.5 Å². The Kier molecular flexibility index (Phi) is 8.99. The molecule has 10 heteroatoms. The molecule has 0 spiro atoms. The lowest BCUT2D eigenvalue weighted by Crippen LogP contribution is -2.19. The van der Waals surface area contributed by atoms with Gasteiger partial charge >= 0.3 is 0 Å². The molecule has 1 unspecified atom stereocenters. The molecule has 3 aromatic carbocycles. The van der Waals surface area contributed by atoms with E-state index in [0.717, 1.165) is 16.2 Å². The maximum absolute atomic E-state index is 13.3. The van der Waals surface area contributed by atoms with Gasteiger partial charge in [-0.2, -0.15) is 9.36 Å². The first kappa shape index (κ1) is 25.7. The number of hydrogen-bond donors (Lipinski definition) is 2. The van der Waals surface area contributed by atoms with E-state index in [4.69, 9.17) is 4.74 Å². The van der Waals surface area contributed by atoms with E-state index < -0.39 is 5.25 Å². The number of aromatic nitrogens is 2. The Morgan fingerprint density at radius 2 is 1.78 bits per heavy atom. The number of hydrogen-bond acceptors (Lipinski definition) is 8. The van der Waals surface area contributed by atoms with Gasteiger partial charge in [-0.3, -0.25) is 14.9 Å². The van der Waals surface area contributed by atoms with E-state index in [-0.39, 0.29) is 11.8 Å². The van der Waals surface area contributed by atoms with Crippen molar-refractivity contribution >= 4 is 57.7 Å². The zero-order valence-electron chi connectivity index (χ0n) is 19.6. The predicted molar refractivity (Wildman–Crippen MR) is 147 cm³/mol. The molecular formula is C26H24N4O3S3. The van der Waals surface area contributed by atoms with Crippen LogP contribution < -0.4 is 15.4 Å². The molecule has 4 rings (SSSR count). The molecule has 0 aliphatic carbocycles. The number of nitrogens with one attached hydrogen (secondary N) is 2. The molecule has 1 atom stereocenters. The molecule has 0 fully saturated rings. The van der Waals surface area contributed by atoms with Crippen molar-refractivity contribution in [3.8, 4) is 5.75 Å². The van der Waals surface area contributed by atoms with Gasteiger partial charge in [0.25, 0.3) is 5.91 Å². The van der Waals surface area contributed by atoms with Crippen LogP contribution in [0.4, 0.5) is 10.8 Å². The van der Waals surface area contributed by atoms with Crippen LogP contribution in [0.1, 0.15) is 28.1 Å². The molecule has 0 aliphatic rings. The second-order valence-corrected chi connectivity index (χ2v) is 10.6. The fourth-order valence-corrected chi connectivity index (χ4v) is 5.61. The van der Waals surface area contributed by atoms with Crippen molar-refractivity contribution in [2.45, 2.75) is 22.2 Å². The van der Waals surface area contributed by atoms with Crippen molar-refractivity contribution in [1.29, 1.82) is 0 Å². The molecule has 184 valence electrons. The van der Waals surface area contributed by atoms with Crippen molar-refractivity contribution in [2.24, 2.45) is 0 Å². The fraction of sp³-hybridized carbons (Fsp3) is 0.154. The summed E-state index contributed by atoms with van der Waals surface area (Å²) in [5.41, 5.74) is 2.02. The maximum atomic E-state index is 13.3. The summed E-state index contributed by atoms with van der Waals surface area (Å²) in [5, 5.41) is 6.43. The zero-order valence-corrected chi connectivity index (χ0v) is 22.1. The predicted octanol–water partition coefficient (Wildman–Crippen LogP) is 6.38. The molecule has 1 aromatic heterocycles. The lowest BCUT2D eigenvalue weighted by Gasteiger charge is -2.16. The maximum Gasteiger partial charge on any atom is 0.255 e. The van der Waals surface area contributed by atoms with Gasteiger partial charge in [0.15, 0.2) is 0 Å². The largest absolute Gasteiger partial charge is 0.497 e. The molecule has 0 saturated carbocycles. The Morgan fingerprint density at radius 1 is 1.00 bits per heavy atom. The Bertz CT molecular complexity index is 1310. The van der Waals surface area contributed by atoms with Gasteiger partial charge in [0.2, 0.25) is 16.2 Å². The van der Waals surface area contributed by atoms with Crippen LogP contribution in [0.5, 0.6) is 5.75 Å². The van der Waals surface area contributed by atoms with Gasteiger partial charge in [-0.15, -0.1) is 11.8 Å². The average molecular weight is 537 g/mol. The van der Waals surface area contributed by atoms with Crippen LogP contribution in [0.15, 0.2) is 88.9 Å². The Balaban J connectivity index is 1.50. The molecule has 36 heavy (non-hydrogen) atoms. The molecule has 4 aromatic rings. The normalized spacial score (nSPS) is 11.5. The van der Waals surface area contributed by atoms with Crippen LogP contribution in [0.3, 0.4) is 0 Å². The first-order chi connectivity index (χ1) is 17.6. The third-order valence-electron chi connectivity index (χ3n) is 4.95. The number of rotatable bonds is 10. The van der Waals surface area contributed by atoms with Gasteiger partial charge in [-0.1, -0.05) is 55.1 Å². The summed E-state index contributed by atoms with van der Waals surface area (Å²) in [6.07, 6.45) is 0. The van der Waals surface area contributed by atoms with Crippen LogP contribution in [0, 0.1) is 0 Å². The molecule has 1 heterocycles. The number of carbonyl (C=O) groups is 2. The summed E-state index contributed by atoms with van der Waals surface area (Å²) in [6, 6.07) is 23.9. The summed E-state index contributed by atoms with van der Waals surface area (Å²) in [7, 11) is 1.58. The Hall–Kier alpha value is -3.34. The van der Waals surface area contributed by atoms with Crippen LogP contribution >= 0.6 is 35.1 Å². The highest BCUT2D eigenvalue weighted by molar-refractivity contribution is 8.00. The van der Waals surface area contributed by atoms with Crippen molar-refractivity contribution in [3.05, 3.63) is 90.0 Å². The number of amides is 2. The van der Waals surface area contributed by atoms with Crippen molar-refractivity contribution < 1.29 is 14.3 Å². The SMILES string of the molecule is CCSc1nsc(NC(=O)C(Sc2cccc(NC(=O)c3ccc(OC)cc3)c2)c2ccccc2)n1. The van der Waals surface area contributed by atoms with Gasteiger partial charge in [-0.25, -0.2) is 0 Å². The van der Waals surface area contributed by atoms with E-state index in [9.17, 15) is 9.59 Å². The van der Waals surface area contributed by atoms with Crippen molar-refractivity contribution in [3.63, 3.8) is 0 Å². The van der Waals surface area contributed by atoms with Crippen LogP contribution in [-0.2, 0) is 4.79 Å². The molecule has 0 bridgehead atoms. The average Bonchev–Trinajstić information content (AvgIpc) is 3.35. The van der Waals surface area contributed by atoms with E-state index in [1.54, 1.807) is 31.4 Å². The van der Waals surface area contributed by atoms with Crippen LogP contribution in [0.25, 0.3) is 0 Å². The minimum Gasteiger partial charge on any atom is -0.497 e. The number of methoxy groups -OCH3 is 1. The third-order valence-corrected chi connectivity index (χ3v) is 7.67. The Labute approximate surface area is 222 Å². The summed E-state index contributed by atoms with van der Waals surface area (Å²) in [5.74, 6) is 1.12. The molecule has 7 nitrogen and oxygen atoms in total. The monoisotopic (exact) mass is 536 g/mol. The van der Waals surface area contributed by atoms with E-state index >= 15 is 0 Å². The molecular weight excluding hydrogens is 513 g/mol. The highest BCUT2D eigenvalue weighted by Gasteiger charge is 2.23. The number of nitrogens with zero attached hydrogens (tertiary/aromatic N) is 2. The Morgan fingerprint density at radius 3 is 2.50 bits per heavy atom. The van der Waals surface area contributed by atoms with E-state index in [2.05, 4.69) is 20.0 Å². The van der Waals surface area contributed by atoms with Gasteiger partial charge in [0.1, 0.15) is 11.0 Å². The second kappa shape index (κ2) is 12.6. The molecule has 0 radical (unpaired) electrons. The molecule has 0 aliphatic heterocycles. The lowest BCUT2D eigenvalue weighted by atomic mass is 10.1. The number of benzene rings is 3. The minimum absolute atomic E-state index is 0.192. The number of thioether (sulfide) groups is 2. The van der Waals surface area contributed by atoms with Crippen LogP contribution in [-0.4, -0.2) is 34.0 Å².